The van der Waals surface area contributed by atoms with Gasteiger partial charge in [0.2, 0.25) is 5.91 Å². The molecule has 0 saturated carbocycles. The van der Waals surface area contributed by atoms with Gasteiger partial charge in [0, 0.05) is 18.3 Å². The number of anilines is 1. The number of hydrogen-bond donors (Lipinski definition) is 2. The van der Waals surface area contributed by atoms with Crippen molar-refractivity contribution in [2.75, 3.05) is 18.4 Å². The topological polar surface area (TPSA) is 52.6 Å². The maximum Gasteiger partial charge on any atom is 0.228 e. The summed E-state index contributed by atoms with van der Waals surface area (Å²) in [4.78, 5) is 14.9. The molecule has 1 aliphatic carbocycles. The van der Waals surface area contributed by atoms with Crippen molar-refractivity contribution in [3.8, 4) is 0 Å². The van der Waals surface area contributed by atoms with E-state index in [1.54, 1.807) is 0 Å². The molecule has 4 heteroatoms. The Balaban J connectivity index is 1.42. The Labute approximate surface area is 148 Å². The summed E-state index contributed by atoms with van der Waals surface area (Å²) in [5.41, 5.74) is 3.12. The molecule has 0 aromatic heterocycles. The Morgan fingerprint density at radius 3 is 2.64 bits per heavy atom. The molecule has 130 valence electrons. The van der Waals surface area contributed by atoms with Crippen LogP contribution in [0.25, 0.3) is 0 Å². The van der Waals surface area contributed by atoms with E-state index in [2.05, 4.69) is 16.3 Å². The van der Waals surface area contributed by atoms with Gasteiger partial charge in [0.05, 0.1) is 12.0 Å². The minimum atomic E-state index is -0.452. The maximum atomic E-state index is 12.6. The average molecular weight is 336 g/mol. The van der Waals surface area contributed by atoms with Crippen molar-refractivity contribution in [3.05, 3.63) is 65.7 Å². The first-order valence-corrected chi connectivity index (χ1v) is 9.08. The highest BCUT2D eigenvalue weighted by Gasteiger charge is 2.38. The summed E-state index contributed by atoms with van der Waals surface area (Å²) in [5, 5.41) is 13.7. The number of benzene rings is 2. The predicted molar refractivity (Wildman–Crippen MR) is 98.3 cm³/mol. The largest absolute Gasteiger partial charge is 0.387 e. The molecule has 1 fully saturated rings. The molecule has 2 aromatic carbocycles. The van der Waals surface area contributed by atoms with Gasteiger partial charge in [-0.05, 0) is 49.1 Å². The van der Waals surface area contributed by atoms with Gasteiger partial charge in [-0.25, -0.2) is 0 Å². The first kappa shape index (κ1) is 16.3. The van der Waals surface area contributed by atoms with E-state index in [0.717, 1.165) is 37.1 Å². The fourth-order valence-electron chi connectivity index (χ4n) is 4.17. The second kappa shape index (κ2) is 6.98. The van der Waals surface area contributed by atoms with Gasteiger partial charge in [-0.15, -0.1) is 0 Å². The van der Waals surface area contributed by atoms with Crippen LogP contribution in [0.1, 0.15) is 30.1 Å². The Morgan fingerprint density at radius 1 is 1.08 bits per heavy atom. The molecule has 2 aliphatic rings. The van der Waals surface area contributed by atoms with E-state index in [1.807, 2.05) is 48.5 Å². The van der Waals surface area contributed by atoms with E-state index in [9.17, 15) is 9.90 Å². The first-order valence-electron chi connectivity index (χ1n) is 9.08. The molecule has 1 amide bonds. The molecule has 3 unspecified atom stereocenters. The lowest BCUT2D eigenvalue weighted by atomic mass is 9.94. The number of nitrogens with zero attached hydrogens (tertiary/aromatic N) is 1. The number of amides is 1. The molecular weight excluding hydrogens is 312 g/mol. The van der Waals surface area contributed by atoms with Crippen molar-refractivity contribution in [2.45, 2.75) is 31.4 Å². The number of aliphatic hydroxyl groups is 1. The number of hydrogen-bond acceptors (Lipinski definition) is 3. The molecule has 2 aromatic rings. The Morgan fingerprint density at radius 2 is 1.84 bits per heavy atom. The number of aliphatic hydroxyl groups excluding tert-OH is 1. The van der Waals surface area contributed by atoms with Crippen molar-refractivity contribution >= 4 is 11.6 Å². The van der Waals surface area contributed by atoms with E-state index >= 15 is 0 Å². The molecule has 25 heavy (non-hydrogen) atoms. The number of fused-ring (bicyclic) bond motifs is 1. The summed E-state index contributed by atoms with van der Waals surface area (Å²) in [7, 11) is 0. The molecule has 4 nitrogen and oxygen atoms in total. The van der Waals surface area contributed by atoms with Crippen LogP contribution in [0, 0.1) is 5.92 Å². The van der Waals surface area contributed by atoms with Crippen LogP contribution in [0.4, 0.5) is 5.69 Å². The van der Waals surface area contributed by atoms with Crippen LogP contribution in [0.15, 0.2) is 54.6 Å². The summed E-state index contributed by atoms with van der Waals surface area (Å²) < 4.78 is 0. The number of likely N-dealkylation sites (tertiary alicyclic amines) is 1. The van der Waals surface area contributed by atoms with Gasteiger partial charge in [-0.2, -0.15) is 0 Å². The summed E-state index contributed by atoms with van der Waals surface area (Å²) in [6.45, 7) is 1.67. The summed E-state index contributed by atoms with van der Waals surface area (Å²) in [5.74, 6) is 0.0609. The molecular formula is C21H24N2O2. The minimum Gasteiger partial charge on any atom is -0.387 e. The number of carbonyl (C=O) groups is 1. The van der Waals surface area contributed by atoms with E-state index in [1.165, 1.54) is 5.56 Å². The lowest BCUT2D eigenvalue weighted by Gasteiger charge is -2.37. The smallest absolute Gasteiger partial charge is 0.228 e. The number of nitrogens with one attached hydrogen (secondary N) is 1. The molecule has 3 atom stereocenters. The second-order valence-electron chi connectivity index (χ2n) is 7.10. The van der Waals surface area contributed by atoms with Crippen LogP contribution in [-0.2, 0) is 11.2 Å². The van der Waals surface area contributed by atoms with E-state index < -0.39 is 6.10 Å². The molecule has 0 radical (unpaired) electrons. The summed E-state index contributed by atoms with van der Waals surface area (Å²) >= 11 is 0. The first-order chi connectivity index (χ1) is 12.2. The van der Waals surface area contributed by atoms with E-state index in [0.29, 0.717) is 6.54 Å². The van der Waals surface area contributed by atoms with Gasteiger partial charge in [-0.1, -0.05) is 42.5 Å². The van der Waals surface area contributed by atoms with Crippen LogP contribution in [0.3, 0.4) is 0 Å². The Bertz CT molecular complexity index is 747. The second-order valence-corrected chi connectivity index (χ2v) is 7.10. The predicted octanol–water partition coefficient (Wildman–Crippen LogP) is 3.00. The van der Waals surface area contributed by atoms with Crippen LogP contribution < -0.4 is 5.32 Å². The van der Waals surface area contributed by atoms with Crippen LogP contribution >= 0.6 is 0 Å². The third-order valence-corrected chi connectivity index (χ3v) is 5.50. The van der Waals surface area contributed by atoms with Crippen molar-refractivity contribution < 1.29 is 9.90 Å². The van der Waals surface area contributed by atoms with Gasteiger partial charge >= 0.3 is 0 Å². The SMILES string of the molecule is O=C(Nc1ccccc1)C1CCCN(C2Cc3ccccc3C2O)C1. The minimum absolute atomic E-state index is 0.0233. The van der Waals surface area contributed by atoms with Gasteiger partial charge < -0.3 is 10.4 Å². The summed E-state index contributed by atoms with van der Waals surface area (Å²) in [6.07, 6.45) is 2.31. The number of rotatable bonds is 3. The Hall–Kier alpha value is -2.17. The molecule has 1 aliphatic heterocycles. The normalized spacial score (nSPS) is 26.2. The lowest BCUT2D eigenvalue weighted by Crippen LogP contribution is -2.47. The monoisotopic (exact) mass is 336 g/mol. The average Bonchev–Trinajstić information content (AvgIpc) is 3.00. The maximum absolute atomic E-state index is 12.6. The van der Waals surface area contributed by atoms with Gasteiger partial charge in [0.25, 0.3) is 0 Å². The molecule has 1 saturated heterocycles. The van der Waals surface area contributed by atoms with Crippen LogP contribution in [0.5, 0.6) is 0 Å². The van der Waals surface area contributed by atoms with Gasteiger partial charge in [0.15, 0.2) is 0 Å². The molecule has 1 heterocycles. The van der Waals surface area contributed by atoms with Crippen molar-refractivity contribution in [1.29, 1.82) is 0 Å². The molecule has 0 bridgehead atoms. The highest BCUT2D eigenvalue weighted by molar-refractivity contribution is 5.92. The standard InChI is InChI=1S/C21H24N2O2/c24-20-18-11-5-4-7-15(18)13-19(20)23-12-6-8-16(14-23)21(25)22-17-9-2-1-3-10-17/h1-5,7,9-11,16,19-20,24H,6,8,12-14H2,(H,22,25). The third kappa shape index (κ3) is 3.32. The van der Waals surface area contributed by atoms with E-state index in [-0.39, 0.29) is 17.9 Å². The van der Waals surface area contributed by atoms with Gasteiger partial charge in [0.1, 0.15) is 0 Å². The third-order valence-electron chi connectivity index (χ3n) is 5.50. The molecule has 4 rings (SSSR count). The number of piperidine rings is 1. The number of para-hydroxylation sites is 1. The Kier molecular flexibility index (Phi) is 4.55. The molecule has 2 N–H and O–H groups in total. The highest BCUT2D eigenvalue weighted by atomic mass is 16.3. The van der Waals surface area contributed by atoms with E-state index in [4.69, 9.17) is 0 Å². The highest BCUT2D eigenvalue weighted by Crippen LogP contribution is 2.36. The number of carbonyl (C=O) groups excluding carboxylic acids is 1. The zero-order valence-corrected chi connectivity index (χ0v) is 14.3. The molecule has 0 spiro atoms. The summed E-state index contributed by atoms with van der Waals surface area (Å²) in [6, 6.07) is 17.8. The lowest BCUT2D eigenvalue weighted by molar-refractivity contribution is -0.122. The van der Waals surface area contributed by atoms with Crippen molar-refractivity contribution in [1.82, 2.24) is 4.90 Å². The zero-order valence-electron chi connectivity index (χ0n) is 14.3. The van der Waals surface area contributed by atoms with Gasteiger partial charge in [-0.3, -0.25) is 9.69 Å². The fraction of sp³-hybridized carbons (Fsp3) is 0.381. The van der Waals surface area contributed by atoms with Crippen LogP contribution in [-0.4, -0.2) is 35.0 Å². The zero-order chi connectivity index (χ0) is 17.2. The van der Waals surface area contributed by atoms with Crippen molar-refractivity contribution in [2.24, 2.45) is 5.92 Å². The van der Waals surface area contributed by atoms with Crippen LogP contribution in [0.2, 0.25) is 0 Å². The quantitative estimate of drug-likeness (QED) is 0.906. The van der Waals surface area contributed by atoms with Crippen molar-refractivity contribution in [3.63, 3.8) is 0 Å². The fourth-order valence-corrected chi connectivity index (χ4v) is 4.17.